The van der Waals surface area contributed by atoms with E-state index in [-0.39, 0.29) is 5.91 Å². The van der Waals surface area contributed by atoms with Gasteiger partial charge in [-0.25, -0.2) is 4.98 Å². The minimum atomic E-state index is 0.0891. The fraction of sp³-hybridized carbons (Fsp3) is 0.550. The summed E-state index contributed by atoms with van der Waals surface area (Å²) in [6.07, 6.45) is 3.07. The zero-order chi connectivity index (χ0) is 19.6. The van der Waals surface area contributed by atoms with Gasteiger partial charge in [0.15, 0.2) is 0 Å². The van der Waals surface area contributed by atoms with Crippen molar-refractivity contribution in [3.8, 4) is 5.75 Å². The van der Waals surface area contributed by atoms with Crippen LogP contribution in [0, 0.1) is 0 Å². The minimum Gasteiger partial charge on any atom is -0.497 e. The zero-order valence-corrected chi connectivity index (χ0v) is 17.5. The predicted molar refractivity (Wildman–Crippen MR) is 111 cm³/mol. The van der Waals surface area contributed by atoms with Gasteiger partial charge in [0.1, 0.15) is 11.6 Å². The van der Waals surface area contributed by atoms with E-state index in [2.05, 4.69) is 35.4 Å². The number of benzene rings is 1. The Labute approximate surface area is 166 Å². The van der Waals surface area contributed by atoms with Gasteiger partial charge in [-0.05, 0) is 37.5 Å². The van der Waals surface area contributed by atoms with Crippen LogP contribution >= 0.6 is 11.5 Å². The number of hydrogen-bond donors (Lipinski definition) is 1. The van der Waals surface area contributed by atoms with Crippen molar-refractivity contribution in [2.24, 2.45) is 0 Å². The van der Waals surface area contributed by atoms with Crippen LogP contribution in [0.4, 0.5) is 5.13 Å². The second-order valence-electron chi connectivity index (χ2n) is 6.57. The zero-order valence-electron chi connectivity index (χ0n) is 16.7. The van der Waals surface area contributed by atoms with Gasteiger partial charge in [0, 0.05) is 43.5 Å². The summed E-state index contributed by atoms with van der Waals surface area (Å²) in [6.45, 7) is 7.74. The lowest BCUT2D eigenvalue weighted by Gasteiger charge is -2.27. The molecule has 0 radical (unpaired) electrons. The van der Waals surface area contributed by atoms with E-state index in [4.69, 9.17) is 9.72 Å². The fourth-order valence-corrected chi connectivity index (χ4v) is 3.51. The van der Waals surface area contributed by atoms with E-state index < -0.39 is 0 Å². The molecule has 1 heterocycles. The Hall–Kier alpha value is -2.15. The molecule has 0 spiro atoms. The van der Waals surface area contributed by atoms with Crippen LogP contribution in [0.2, 0.25) is 0 Å². The summed E-state index contributed by atoms with van der Waals surface area (Å²) in [6, 6.07) is 8.26. The first kappa shape index (κ1) is 21.2. The number of carbonyl (C=O) groups is 1. The van der Waals surface area contributed by atoms with Gasteiger partial charge in [0.05, 0.1) is 7.11 Å². The van der Waals surface area contributed by atoms with Crippen molar-refractivity contribution < 1.29 is 9.53 Å². The maximum absolute atomic E-state index is 12.0. The fourth-order valence-electron chi connectivity index (χ4n) is 2.70. The number of ether oxygens (including phenoxy) is 1. The molecule has 2 aromatic rings. The van der Waals surface area contributed by atoms with Gasteiger partial charge < -0.3 is 15.0 Å². The van der Waals surface area contributed by atoms with E-state index in [9.17, 15) is 4.79 Å². The highest BCUT2D eigenvalue weighted by Gasteiger charge is 2.19. The average molecular weight is 391 g/mol. The van der Waals surface area contributed by atoms with E-state index in [0.29, 0.717) is 25.4 Å². The van der Waals surface area contributed by atoms with Crippen LogP contribution in [0.3, 0.4) is 0 Å². The molecule has 0 fully saturated rings. The summed E-state index contributed by atoms with van der Waals surface area (Å²) in [7, 11) is 1.67. The lowest BCUT2D eigenvalue weighted by atomic mass is 10.1. The first-order valence-corrected chi connectivity index (χ1v) is 10.3. The molecule has 0 bridgehead atoms. The molecule has 1 aromatic carbocycles. The third-order valence-corrected chi connectivity index (χ3v) is 5.27. The van der Waals surface area contributed by atoms with Crippen molar-refractivity contribution in [1.29, 1.82) is 0 Å². The van der Waals surface area contributed by atoms with Crippen molar-refractivity contribution in [3.63, 3.8) is 0 Å². The van der Waals surface area contributed by atoms with Gasteiger partial charge in [0.25, 0.3) is 0 Å². The van der Waals surface area contributed by atoms with Crippen LogP contribution < -0.4 is 15.0 Å². The first-order valence-electron chi connectivity index (χ1n) is 9.56. The average Bonchev–Trinajstić information content (AvgIpc) is 3.14. The smallest absolute Gasteiger partial charge is 0.221 e. The van der Waals surface area contributed by atoms with Crippen molar-refractivity contribution in [2.75, 3.05) is 25.1 Å². The van der Waals surface area contributed by atoms with Crippen LogP contribution in [0.1, 0.15) is 51.4 Å². The van der Waals surface area contributed by atoms with E-state index >= 15 is 0 Å². The summed E-state index contributed by atoms with van der Waals surface area (Å²) in [4.78, 5) is 18.9. The molecule has 6 nitrogen and oxygen atoms in total. The SMILES string of the molecule is CCCNC(=O)CCN(c1nc(Cc2cccc(OC)c2)ns1)[C@@H](C)CC. The lowest BCUT2D eigenvalue weighted by Crippen LogP contribution is -2.36. The number of hydrogen-bond acceptors (Lipinski definition) is 6. The van der Waals surface area contributed by atoms with Gasteiger partial charge >= 0.3 is 0 Å². The van der Waals surface area contributed by atoms with E-state index in [0.717, 1.165) is 41.7 Å². The molecule has 1 amide bonds. The van der Waals surface area contributed by atoms with Crippen LogP contribution in [-0.4, -0.2) is 41.5 Å². The normalized spacial score (nSPS) is 11.9. The number of aromatic nitrogens is 2. The largest absolute Gasteiger partial charge is 0.497 e. The molecular formula is C20H30N4O2S. The maximum Gasteiger partial charge on any atom is 0.221 e. The molecule has 0 aliphatic heterocycles. The first-order chi connectivity index (χ1) is 13.1. The highest BCUT2D eigenvalue weighted by molar-refractivity contribution is 7.09. The molecule has 0 saturated heterocycles. The molecule has 148 valence electrons. The molecule has 0 saturated carbocycles. The quantitative estimate of drug-likeness (QED) is 0.634. The summed E-state index contributed by atoms with van der Waals surface area (Å²) in [5, 5.41) is 3.81. The molecule has 1 atom stereocenters. The topological polar surface area (TPSA) is 67.4 Å². The lowest BCUT2D eigenvalue weighted by molar-refractivity contribution is -0.120. The van der Waals surface area contributed by atoms with Gasteiger partial charge in [-0.2, -0.15) is 4.37 Å². The van der Waals surface area contributed by atoms with E-state index in [1.165, 1.54) is 11.5 Å². The standard InChI is InChI=1S/C20H30N4O2S/c1-5-11-21-19(25)10-12-24(15(3)6-2)20-22-18(23-27-20)14-16-8-7-9-17(13-16)26-4/h7-9,13,15H,5-6,10-12,14H2,1-4H3,(H,21,25)/t15-/m0/s1. The monoisotopic (exact) mass is 390 g/mol. The number of rotatable bonds is 11. The third kappa shape index (κ3) is 6.50. The van der Waals surface area contributed by atoms with Gasteiger partial charge in [-0.1, -0.05) is 26.0 Å². The number of nitrogens with zero attached hydrogens (tertiary/aromatic N) is 3. The maximum atomic E-state index is 12.0. The van der Waals surface area contributed by atoms with Crippen LogP contribution in [0.5, 0.6) is 5.75 Å². The van der Waals surface area contributed by atoms with Crippen molar-refractivity contribution in [1.82, 2.24) is 14.7 Å². The molecule has 0 aliphatic carbocycles. The second-order valence-corrected chi connectivity index (χ2v) is 7.30. The summed E-state index contributed by atoms with van der Waals surface area (Å²) in [5.41, 5.74) is 1.12. The number of amides is 1. The summed E-state index contributed by atoms with van der Waals surface area (Å²) < 4.78 is 9.81. The van der Waals surface area contributed by atoms with Gasteiger partial charge in [0.2, 0.25) is 11.0 Å². The van der Waals surface area contributed by atoms with Gasteiger partial charge in [-0.15, -0.1) is 0 Å². The van der Waals surface area contributed by atoms with Gasteiger partial charge in [-0.3, -0.25) is 4.79 Å². The molecule has 0 unspecified atom stereocenters. The van der Waals surface area contributed by atoms with Crippen molar-refractivity contribution >= 4 is 22.6 Å². The summed E-state index contributed by atoms with van der Waals surface area (Å²) >= 11 is 1.40. The van der Waals surface area contributed by atoms with Crippen molar-refractivity contribution in [3.05, 3.63) is 35.7 Å². The molecular weight excluding hydrogens is 360 g/mol. The van der Waals surface area contributed by atoms with Crippen LogP contribution in [0.15, 0.2) is 24.3 Å². The Morgan fingerprint density at radius 1 is 1.37 bits per heavy atom. The molecule has 2 rings (SSSR count). The van der Waals surface area contributed by atoms with E-state index in [1.807, 2.05) is 24.3 Å². The highest BCUT2D eigenvalue weighted by atomic mass is 32.1. The number of nitrogens with one attached hydrogen (secondary N) is 1. The Bertz CT molecular complexity index is 720. The highest BCUT2D eigenvalue weighted by Crippen LogP contribution is 2.23. The Balaban J connectivity index is 2.04. The van der Waals surface area contributed by atoms with Crippen molar-refractivity contribution in [2.45, 2.75) is 52.5 Å². The Kier molecular flexibility index (Phi) is 8.51. The second kappa shape index (κ2) is 10.9. The number of methoxy groups -OCH3 is 1. The minimum absolute atomic E-state index is 0.0891. The van der Waals surface area contributed by atoms with Crippen LogP contribution in [-0.2, 0) is 11.2 Å². The number of anilines is 1. The molecule has 27 heavy (non-hydrogen) atoms. The van der Waals surface area contributed by atoms with E-state index in [1.54, 1.807) is 7.11 Å². The summed E-state index contributed by atoms with van der Waals surface area (Å²) in [5.74, 6) is 1.72. The molecule has 7 heteroatoms. The Morgan fingerprint density at radius 2 is 2.19 bits per heavy atom. The third-order valence-electron chi connectivity index (χ3n) is 4.47. The molecule has 1 aromatic heterocycles. The Morgan fingerprint density at radius 3 is 2.89 bits per heavy atom. The molecule has 1 N–H and O–H groups in total. The molecule has 0 aliphatic rings. The van der Waals surface area contributed by atoms with Crippen LogP contribution in [0.25, 0.3) is 0 Å². The predicted octanol–water partition coefficient (Wildman–Crippen LogP) is 3.66. The number of carbonyl (C=O) groups excluding carboxylic acids is 1.